The van der Waals surface area contributed by atoms with Crippen LogP contribution in [0.5, 0.6) is 0 Å². The highest BCUT2D eigenvalue weighted by Crippen LogP contribution is 2.34. The summed E-state index contributed by atoms with van der Waals surface area (Å²) >= 11 is 1.44. The first-order valence-corrected chi connectivity index (χ1v) is 10.9. The number of benzene rings is 1. The molecule has 1 aliphatic rings. The second-order valence-electron chi connectivity index (χ2n) is 7.28. The van der Waals surface area contributed by atoms with E-state index in [1.54, 1.807) is 6.33 Å². The lowest BCUT2D eigenvalue weighted by atomic mass is 10.1. The van der Waals surface area contributed by atoms with Gasteiger partial charge in [-0.1, -0.05) is 30.3 Å². The highest BCUT2D eigenvalue weighted by atomic mass is 32.1. The summed E-state index contributed by atoms with van der Waals surface area (Å²) in [4.78, 5) is 25.6. The monoisotopic (exact) mass is 410 g/mol. The predicted molar refractivity (Wildman–Crippen MR) is 116 cm³/mol. The Morgan fingerprint density at radius 3 is 2.86 bits per heavy atom. The molecule has 0 unspecified atom stereocenters. The number of hydrogen-bond acceptors (Lipinski definition) is 6. The molecule has 1 fully saturated rings. The van der Waals surface area contributed by atoms with Crippen molar-refractivity contribution in [1.29, 1.82) is 0 Å². The van der Waals surface area contributed by atoms with Crippen LogP contribution in [0.15, 0.2) is 36.7 Å². The first-order chi connectivity index (χ1) is 14.2. The third-order valence-electron chi connectivity index (χ3n) is 5.33. The van der Waals surface area contributed by atoms with Crippen LogP contribution in [0.25, 0.3) is 10.2 Å². The maximum atomic E-state index is 13.3. The van der Waals surface area contributed by atoms with E-state index in [9.17, 15) is 4.79 Å². The van der Waals surface area contributed by atoms with Crippen LogP contribution in [0, 0.1) is 6.92 Å². The summed E-state index contributed by atoms with van der Waals surface area (Å²) in [6, 6.07) is 10.1. The molecule has 0 bridgehead atoms. The van der Waals surface area contributed by atoms with E-state index in [1.165, 1.54) is 11.3 Å². The van der Waals surface area contributed by atoms with Crippen molar-refractivity contribution in [3.05, 3.63) is 52.7 Å². The smallest absolute Gasteiger partial charge is 0.264 e. The molecule has 29 heavy (non-hydrogen) atoms. The first kappa shape index (κ1) is 19.8. The van der Waals surface area contributed by atoms with Gasteiger partial charge in [0.15, 0.2) is 0 Å². The Morgan fingerprint density at radius 1 is 1.31 bits per heavy atom. The highest BCUT2D eigenvalue weighted by Gasteiger charge is 2.24. The van der Waals surface area contributed by atoms with Crippen molar-refractivity contribution in [2.45, 2.75) is 39.3 Å². The van der Waals surface area contributed by atoms with Gasteiger partial charge in [-0.25, -0.2) is 9.97 Å². The van der Waals surface area contributed by atoms with Crippen molar-refractivity contribution in [3.8, 4) is 0 Å². The Kier molecular flexibility index (Phi) is 6.06. The number of fused-ring (bicyclic) bond motifs is 1. The maximum absolute atomic E-state index is 13.3. The van der Waals surface area contributed by atoms with Crippen LogP contribution < -0.4 is 5.32 Å². The molecule has 1 aromatic carbocycles. The number of anilines is 1. The highest BCUT2D eigenvalue weighted by molar-refractivity contribution is 7.20. The number of thiophene rings is 1. The number of rotatable bonds is 7. The Bertz CT molecular complexity index is 983. The van der Waals surface area contributed by atoms with E-state index < -0.39 is 0 Å². The Labute approximate surface area is 174 Å². The third-order valence-corrected chi connectivity index (χ3v) is 6.52. The number of carbonyl (C=O) groups excluding carboxylic acids is 1. The molecule has 4 rings (SSSR count). The summed E-state index contributed by atoms with van der Waals surface area (Å²) in [5.74, 6) is 0.825. The van der Waals surface area contributed by atoms with Crippen molar-refractivity contribution in [3.63, 3.8) is 0 Å². The number of ether oxygens (including phenoxy) is 1. The summed E-state index contributed by atoms with van der Waals surface area (Å²) in [6.07, 6.45) is 3.96. The molecular weight excluding hydrogens is 384 g/mol. The lowest BCUT2D eigenvalue weighted by Crippen LogP contribution is -2.30. The second kappa shape index (κ2) is 8.88. The van der Waals surface area contributed by atoms with Crippen molar-refractivity contribution >= 4 is 33.3 Å². The number of hydrogen-bond donors (Lipinski definition) is 1. The van der Waals surface area contributed by atoms with E-state index >= 15 is 0 Å². The van der Waals surface area contributed by atoms with E-state index in [0.29, 0.717) is 13.1 Å². The molecule has 1 aliphatic heterocycles. The fourth-order valence-corrected chi connectivity index (χ4v) is 4.82. The normalized spacial score (nSPS) is 16.3. The molecule has 1 amide bonds. The maximum Gasteiger partial charge on any atom is 0.264 e. The van der Waals surface area contributed by atoms with Gasteiger partial charge in [-0.3, -0.25) is 4.79 Å². The number of nitrogens with one attached hydrogen (secondary N) is 1. The van der Waals surface area contributed by atoms with Crippen LogP contribution in [-0.2, 0) is 11.3 Å². The molecule has 2 aromatic heterocycles. The molecule has 152 valence electrons. The molecule has 3 heterocycles. The standard InChI is InChI=1S/C22H26N4O2S/c1-3-26(13-16-8-5-4-6-9-16)22(27)19-15(2)18-20(24-14-25-21(18)29-19)23-12-17-10-7-11-28-17/h4-6,8-9,14,17H,3,7,10-13H2,1-2H3,(H,23,24,25)/t17-/m1/s1. The summed E-state index contributed by atoms with van der Waals surface area (Å²) in [6.45, 7) is 6.80. The predicted octanol–water partition coefficient (Wildman–Crippen LogP) is 4.25. The molecule has 0 aliphatic carbocycles. The quantitative estimate of drug-likeness (QED) is 0.631. The zero-order valence-corrected chi connectivity index (χ0v) is 17.7. The summed E-state index contributed by atoms with van der Waals surface area (Å²) in [5, 5.41) is 4.35. The van der Waals surface area contributed by atoms with Crippen LogP contribution in [0.2, 0.25) is 0 Å². The number of amides is 1. The Balaban J connectivity index is 1.59. The summed E-state index contributed by atoms with van der Waals surface area (Å²) in [5.41, 5.74) is 2.07. The van der Waals surface area contributed by atoms with Crippen LogP contribution in [0.1, 0.15) is 40.6 Å². The number of aryl methyl sites for hydroxylation is 1. The average molecular weight is 411 g/mol. The molecule has 1 saturated heterocycles. The number of aromatic nitrogens is 2. The fraction of sp³-hybridized carbons (Fsp3) is 0.409. The molecular formula is C22H26N4O2S. The second-order valence-corrected chi connectivity index (χ2v) is 8.28. The van der Waals surface area contributed by atoms with Gasteiger partial charge in [-0.15, -0.1) is 11.3 Å². The van der Waals surface area contributed by atoms with Gasteiger partial charge in [-0.2, -0.15) is 0 Å². The van der Waals surface area contributed by atoms with Crippen molar-refractivity contribution < 1.29 is 9.53 Å². The van der Waals surface area contributed by atoms with E-state index in [4.69, 9.17) is 4.74 Å². The molecule has 0 radical (unpaired) electrons. The van der Waals surface area contributed by atoms with E-state index in [1.807, 2.05) is 49.1 Å². The fourth-order valence-electron chi connectivity index (χ4n) is 3.70. The van der Waals surface area contributed by atoms with Gasteiger partial charge in [0.1, 0.15) is 17.0 Å². The molecule has 7 heteroatoms. The minimum atomic E-state index is 0.0435. The average Bonchev–Trinajstić information content (AvgIpc) is 3.39. The van der Waals surface area contributed by atoms with Crippen LogP contribution in [-0.4, -0.2) is 46.6 Å². The van der Waals surface area contributed by atoms with Gasteiger partial charge < -0.3 is 15.0 Å². The molecule has 0 saturated carbocycles. The molecule has 3 aromatic rings. The Hall–Kier alpha value is -2.51. The summed E-state index contributed by atoms with van der Waals surface area (Å²) < 4.78 is 5.70. The number of nitrogens with zero attached hydrogens (tertiary/aromatic N) is 3. The zero-order chi connectivity index (χ0) is 20.2. The van der Waals surface area contributed by atoms with E-state index in [2.05, 4.69) is 15.3 Å². The molecule has 6 nitrogen and oxygen atoms in total. The van der Waals surface area contributed by atoms with Crippen molar-refractivity contribution in [2.24, 2.45) is 0 Å². The topological polar surface area (TPSA) is 67.4 Å². The third kappa shape index (κ3) is 4.26. The first-order valence-electron chi connectivity index (χ1n) is 10.1. The molecule has 0 spiro atoms. The van der Waals surface area contributed by atoms with Gasteiger partial charge in [-0.05, 0) is 37.8 Å². The van der Waals surface area contributed by atoms with Gasteiger partial charge >= 0.3 is 0 Å². The molecule has 1 atom stereocenters. The minimum absolute atomic E-state index is 0.0435. The lowest BCUT2D eigenvalue weighted by molar-refractivity contribution is 0.0757. The van der Waals surface area contributed by atoms with Crippen LogP contribution >= 0.6 is 11.3 Å². The zero-order valence-electron chi connectivity index (χ0n) is 16.9. The van der Waals surface area contributed by atoms with Gasteiger partial charge in [0, 0.05) is 26.2 Å². The van der Waals surface area contributed by atoms with Gasteiger partial charge in [0.2, 0.25) is 0 Å². The van der Waals surface area contributed by atoms with Crippen LogP contribution in [0.3, 0.4) is 0 Å². The molecule has 1 N–H and O–H groups in total. The van der Waals surface area contributed by atoms with Crippen molar-refractivity contribution in [2.75, 3.05) is 25.0 Å². The van der Waals surface area contributed by atoms with Crippen molar-refractivity contribution in [1.82, 2.24) is 14.9 Å². The SMILES string of the molecule is CCN(Cc1ccccc1)C(=O)c1sc2ncnc(NC[C@H]3CCCO3)c2c1C. The van der Waals surface area contributed by atoms with E-state index in [0.717, 1.165) is 58.0 Å². The van der Waals surface area contributed by atoms with Crippen LogP contribution in [0.4, 0.5) is 5.82 Å². The number of carbonyl (C=O) groups is 1. The lowest BCUT2D eigenvalue weighted by Gasteiger charge is -2.20. The minimum Gasteiger partial charge on any atom is -0.376 e. The summed E-state index contributed by atoms with van der Waals surface area (Å²) in [7, 11) is 0. The van der Waals surface area contributed by atoms with Gasteiger partial charge in [0.25, 0.3) is 5.91 Å². The largest absolute Gasteiger partial charge is 0.376 e. The Morgan fingerprint density at radius 2 is 2.14 bits per heavy atom. The van der Waals surface area contributed by atoms with Gasteiger partial charge in [0.05, 0.1) is 16.4 Å². The van der Waals surface area contributed by atoms with E-state index in [-0.39, 0.29) is 12.0 Å².